The first-order valence-corrected chi connectivity index (χ1v) is 5.20. The highest BCUT2D eigenvalue weighted by molar-refractivity contribution is 5.49. The summed E-state index contributed by atoms with van der Waals surface area (Å²) in [5.74, 6) is 1.74. The molecule has 0 amide bonds. The molecule has 0 fully saturated rings. The Kier molecular flexibility index (Phi) is 3.22. The van der Waals surface area contributed by atoms with Crippen molar-refractivity contribution in [3.05, 3.63) is 23.8 Å². The van der Waals surface area contributed by atoms with E-state index in [-0.39, 0.29) is 5.92 Å². The van der Waals surface area contributed by atoms with Crippen LogP contribution in [-0.2, 0) is 4.79 Å². The Hall–Kier alpha value is -1.80. The summed E-state index contributed by atoms with van der Waals surface area (Å²) in [6, 6.07) is 5.77. The van der Waals surface area contributed by atoms with E-state index < -0.39 is 0 Å². The molecular formula is C12H13NO3. The van der Waals surface area contributed by atoms with E-state index in [4.69, 9.17) is 9.47 Å². The van der Waals surface area contributed by atoms with Crippen LogP contribution in [0.4, 0.5) is 0 Å². The smallest absolute Gasteiger partial charge is 0.234 e. The number of fused-ring (bicyclic) bond motifs is 1. The number of aliphatic imine (C=N–C) groups is 1. The zero-order valence-electron chi connectivity index (χ0n) is 9.10. The molecule has 1 heterocycles. The molecule has 84 valence electrons. The SMILES string of the molecule is COc1cccc2c1OCCC2CN=C=O. The Balaban J connectivity index is 2.34. The van der Waals surface area contributed by atoms with Gasteiger partial charge in [-0.15, -0.1) is 0 Å². The monoisotopic (exact) mass is 219 g/mol. The number of hydrogen-bond acceptors (Lipinski definition) is 4. The molecule has 4 nitrogen and oxygen atoms in total. The molecule has 0 spiro atoms. The van der Waals surface area contributed by atoms with Gasteiger partial charge < -0.3 is 9.47 Å². The maximum Gasteiger partial charge on any atom is 0.234 e. The van der Waals surface area contributed by atoms with Crippen molar-refractivity contribution in [2.75, 3.05) is 20.3 Å². The van der Waals surface area contributed by atoms with Gasteiger partial charge in [0.05, 0.1) is 20.3 Å². The summed E-state index contributed by atoms with van der Waals surface area (Å²) in [5, 5.41) is 0. The molecular weight excluding hydrogens is 206 g/mol. The second-order valence-corrected chi connectivity index (χ2v) is 3.64. The van der Waals surface area contributed by atoms with E-state index >= 15 is 0 Å². The fourth-order valence-electron chi connectivity index (χ4n) is 1.97. The van der Waals surface area contributed by atoms with Crippen LogP contribution in [0.25, 0.3) is 0 Å². The van der Waals surface area contributed by atoms with Gasteiger partial charge in [0.25, 0.3) is 0 Å². The van der Waals surface area contributed by atoms with Gasteiger partial charge in [0.2, 0.25) is 6.08 Å². The zero-order chi connectivity index (χ0) is 11.4. The number of methoxy groups -OCH3 is 1. The molecule has 0 N–H and O–H groups in total. The number of ether oxygens (including phenoxy) is 2. The summed E-state index contributed by atoms with van der Waals surface area (Å²) in [4.78, 5) is 13.8. The van der Waals surface area contributed by atoms with Gasteiger partial charge in [-0.1, -0.05) is 12.1 Å². The summed E-state index contributed by atoms with van der Waals surface area (Å²) >= 11 is 0. The number of isocyanates is 1. The molecule has 1 aromatic rings. The summed E-state index contributed by atoms with van der Waals surface area (Å²) in [6.45, 7) is 1.10. The fourth-order valence-corrected chi connectivity index (χ4v) is 1.97. The fraction of sp³-hybridized carbons (Fsp3) is 0.417. The third kappa shape index (κ3) is 1.92. The second-order valence-electron chi connectivity index (χ2n) is 3.64. The first-order valence-electron chi connectivity index (χ1n) is 5.20. The quantitative estimate of drug-likeness (QED) is 0.576. The summed E-state index contributed by atoms with van der Waals surface area (Å²) in [6.07, 6.45) is 2.44. The molecule has 0 radical (unpaired) electrons. The lowest BCUT2D eigenvalue weighted by molar-refractivity contribution is 0.253. The van der Waals surface area contributed by atoms with E-state index in [0.717, 1.165) is 23.5 Å². The van der Waals surface area contributed by atoms with Crippen molar-refractivity contribution < 1.29 is 14.3 Å². The second kappa shape index (κ2) is 4.81. The van der Waals surface area contributed by atoms with E-state index in [1.54, 1.807) is 13.2 Å². The van der Waals surface area contributed by atoms with E-state index in [0.29, 0.717) is 13.2 Å². The maximum absolute atomic E-state index is 10.1. The summed E-state index contributed by atoms with van der Waals surface area (Å²) in [5.41, 5.74) is 1.06. The predicted molar refractivity (Wildman–Crippen MR) is 58.8 cm³/mol. The Morgan fingerprint density at radius 1 is 1.62 bits per heavy atom. The van der Waals surface area contributed by atoms with Gasteiger partial charge >= 0.3 is 0 Å². The first kappa shape index (κ1) is 10.7. The van der Waals surface area contributed by atoms with Crippen molar-refractivity contribution in [1.82, 2.24) is 0 Å². The average molecular weight is 219 g/mol. The van der Waals surface area contributed by atoms with Crippen LogP contribution in [-0.4, -0.2) is 26.3 Å². The molecule has 1 unspecified atom stereocenters. The molecule has 2 rings (SSSR count). The van der Waals surface area contributed by atoms with Crippen LogP contribution in [0.1, 0.15) is 17.9 Å². The Labute approximate surface area is 93.9 Å². The number of para-hydroxylation sites is 1. The molecule has 0 aliphatic carbocycles. The molecule has 1 atom stereocenters. The lowest BCUT2D eigenvalue weighted by Gasteiger charge is -2.25. The maximum atomic E-state index is 10.1. The number of hydrogen-bond donors (Lipinski definition) is 0. The van der Waals surface area contributed by atoms with Gasteiger partial charge in [-0.3, -0.25) is 0 Å². The van der Waals surface area contributed by atoms with Gasteiger partial charge in [0.1, 0.15) is 0 Å². The molecule has 1 aliphatic rings. The van der Waals surface area contributed by atoms with Crippen LogP contribution in [0.2, 0.25) is 0 Å². The molecule has 0 saturated carbocycles. The number of rotatable bonds is 3. The Bertz CT molecular complexity index is 424. The van der Waals surface area contributed by atoms with Gasteiger partial charge in [0.15, 0.2) is 11.5 Å². The lowest BCUT2D eigenvalue weighted by atomic mass is 9.93. The summed E-state index contributed by atoms with van der Waals surface area (Å²) in [7, 11) is 1.62. The zero-order valence-corrected chi connectivity index (χ0v) is 9.10. The van der Waals surface area contributed by atoms with Crippen LogP contribution in [0, 0.1) is 0 Å². The van der Waals surface area contributed by atoms with Crippen molar-refractivity contribution in [3.63, 3.8) is 0 Å². The van der Waals surface area contributed by atoms with Crippen molar-refractivity contribution in [2.24, 2.45) is 4.99 Å². The minimum atomic E-state index is 0.222. The predicted octanol–water partition coefficient (Wildman–Crippen LogP) is 1.90. The number of benzene rings is 1. The van der Waals surface area contributed by atoms with Crippen molar-refractivity contribution >= 4 is 6.08 Å². The molecule has 16 heavy (non-hydrogen) atoms. The van der Waals surface area contributed by atoms with Gasteiger partial charge in [-0.05, 0) is 12.5 Å². The van der Waals surface area contributed by atoms with E-state index in [1.807, 2.05) is 18.2 Å². The van der Waals surface area contributed by atoms with Crippen LogP contribution >= 0.6 is 0 Å². The highest BCUT2D eigenvalue weighted by Gasteiger charge is 2.23. The normalized spacial score (nSPS) is 17.9. The molecule has 1 aliphatic heterocycles. The van der Waals surface area contributed by atoms with Gasteiger partial charge in [-0.2, -0.15) is 0 Å². The van der Waals surface area contributed by atoms with Crippen molar-refractivity contribution in [2.45, 2.75) is 12.3 Å². The minimum Gasteiger partial charge on any atom is -0.493 e. The minimum absolute atomic E-state index is 0.222. The molecule has 1 aromatic carbocycles. The lowest BCUT2D eigenvalue weighted by Crippen LogP contribution is -2.16. The number of nitrogens with zero attached hydrogens (tertiary/aromatic N) is 1. The third-order valence-electron chi connectivity index (χ3n) is 2.76. The Morgan fingerprint density at radius 2 is 2.50 bits per heavy atom. The third-order valence-corrected chi connectivity index (χ3v) is 2.76. The topological polar surface area (TPSA) is 47.9 Å². The average Bonchev–Trinajstić information content (AvgIpc) is 2.35. The van der Waals surface area contributed by atoms with E-state index in [1.165, 1.54) is 0 Å². The van der Waals surface area contributed by atoms with Crippen LogP contribution < -0.4 is 9.47 Å². The highest BCUT2D eigenvalue weighted by atomic mass is 16.5. The highest BCUT2D eigenvalue weighted by Crippen LogP contribution is 2.40. The molecule has 0 aromatic heterocycles. The van der Waals surface area contributed by atoms with Crippen LogP contribution in [0.3, 0.4) is 0 Å². The molecule has 0 bridgehead atoms. The van der Waals surface area contributed by atoms with Crippen LogP contribution in [0.15, 0.2) is 23.2 Å². The van der Waals surface area contributed by atoms with Crippen molar-refractivity contribution in [1.29, 1.82) is 0 Å². The van der Waals surface area contributed by atoms with E-state index in [2.05, 4.69) is 4.99 Å². The Morgan fingerprint density at radius 3 is 3.25 bits per heavy atom. The molecule has 4 heteroatoms. The largest absolute Gasteiger partial charge is 0.493 e. The first-order chi connectivity index (χ1) is 7.86. The van der Waals surface area contributed by atoms with Gasteiger partial charge in [0, 0.05) is 11.5 Å². The number of carbonyl (C=O) groups excluding carboxylic acids is 1. The van der Waals surface area contributed by atoms with Crippen LogP contribution in [0.5, 0.6) is 11.5 Å². The van der Waals surface area contributed by atoms with Crippen molar-refractivity contribution in [3.8, 4) is 11.5 Å². The standard InChI is InChI=1S/C12H13NO3/c1-15-11-4-2-3-10-9(7-13-8-14)5-6-16-12(10)11/h2-4,9H,5-7H2,1H3. The summed E-state index contributed by atoms with van der Waals surface area (Å²) < 4.78 is 10.8. The molecule has 0 saturated heterocycles. The van der Waals surface area contributed by atoms with Gasteiger partial charge in [-0.25, -0.2) is 9.79 Å². The van der Waals surface area contributed by atoms with E-state index in [9.17, 15) is 4.79 Å².